The maximum Gasteiger partial charge on any atom is 0.279 e. The van der Waals surface area contributed by atoms with Crippen LogP contribution in [0.3, 0.4) is 0 Å². The van der Waals surface area contributed by atoms with E-state index >= 15 is 0 Å². The third-order valence-corrected chi connectivity index (χ3v) is 7.84. The SMILES string of the molecule is Cc1cc[n+](/C(C(=O)c2ccccc2)=C(\SCC(=O)c2ccccc2)SCc2ccccc2)cc1. The smallest absolute Gasteiger partial charge is 0.279 e. The molecule has 0 aliphatic carbocycles. The molecule has 174 valence electrons. The van der Waals surface area contributed by atoms with Gasteiger partial charge in [-0.1, -0.05) is 91.0 Å². The summed E-state index contributed by atoms with van der Waals surface area (Å²) in [5.41, 5.74) is 4.11. The summed E-state index contributed by atoms with van der Waals surface area (Å²) in [7, 11) is 0. The average molecular weight is 497 g/mol. The van der Waals surface area contributed by atoms with Crippen LogP contribution in [-0.4, -0.2) is 17.3 Å². The molecule has 3 nitrogen and oxygen atoms in total. The molecule has 0 fully saturated rings. The van der Waals surface area contributed by atoms with E-state index in [4.69, 9.17) is 0 Å². The van der Waals surface area contributed by atoms with Gasteiger partial charge in [-0.3, -0.25) is 9.59 Å². The summed E-state index contributed by atoms with van der Waals surface area (Å²) in [5.74, 6) is 0.906. The summed E-state index contributed by atoms with van der Waals surface area (Å²) in [5, 5.41) is 0. The Labute approximate surface area is 214 Å². The molecule has 0 spiro atoms. The predicted molar refractivity (Wildman–Crippen MR) is 146 cm³/mol. The third kappa shape index (κ3) is 6.81. The van der Waals surface area contributed by atoms with E-state index in [1.54, 1.807) is 11.8 Å². The number of benzene rings is 3. The van der Waals surface area contributed by atoms with Crippen molar-refractivity contribution in [1.29, 1.82) is 0 Å². The van der Waals surface area contributed by atoms with Gasteiger partial charge in [0.15, 0.2) is 18.2 Å². The van der Waals surface area contributed by atoms with E-state index in [0.717, 1.165) is 15.4 Å². The molecule has 4 rings (SSSR count). The van der Waals surface area contributed by atoms with Crippen molar-refractivity contribution in [2.45, 2.75) is 12.7 Å². The Morgan fingerprint density at radius 1 is 0.686 bits per heavy atom. The summed E-state index contributed by atoms with van der Waals surface area (Å²) >= 11 is 3.02. The molecule has 0 unspecified atom stereocenters. The van der Waals surface area contributed by atoms with Crippen LogP contribution >= 0.6 is 23.5 Å². The maximum atomic E-state index is 13.8. The van der Waals surface area contributed by atoms with Crippen LogP contribution in [0.1, 0.15) is 31.8 Å². The van der Waals surface area contributed by atoms with Crippen LogP contribution in [0.4, 0.5) is 0 Å². The topological polar surface area (TPSA) is 38.0 Å². The fourth-order valence-corrected chi connectivity index (χ4v) is 5.71. The molecule has 0 radical (unpaired) electrons. The molecule has 1 heterocycles. The molecule has 0 aliphatic heterocycles. The van der Waals surface area contributed by atoms with Crippen molar-refractivity contribution in [2.75, 3.05) is 5.75 Å². The zero-order valence-corrected chi connectivity index (χ0v) is 21.1. The molecule has 0 aliphatic rings. The van der Waals surface area contributed by atoms with Gasteiger partial charge in [-0.25, -0.2) is 0 Å². The summed E-state index contributed by atoms with van der Waals surface area (Å²) in [4.78, 5) is 26.7. The van der Waals surface area contributed by atoms with Crippen LogP contribution in [0.25, 0.3) is 5.70 Å². The highest BCUT2D eigenvalue weighted by Gasteiger charge is 2.28. The second-order valence-electron chi connectivity index (χ2n) is 7.97. The van der Waals surface area contributed by atoms with Gasteiger partial charge < -0.3 is 0 Å². The van der Waals surface area contributed by atoms with Crippen LogP contribution < -0.4 is 4.57 Å². The molecule has 5 heteroatoms. The lowest BCUT2D eigenvalue weighted by Gasteiger charge is -2.11. The van der Waals surface area contributed by atoms with Crippen LogP contribution in [0.15, 0.2) is 120 Å². The Kier molecular flexibility index (Phi) is 8.71. The number of nitrogens with zero attached hydrogens (tertiary/aromatic N) is 1. The fourth-order valence-electron chi connectivity index (χ4n) is 3.43. The number of thioether (sulfide) groups is 2. The van der Waals surface area contributed by atoms with Crippen molar-refractivity contribution in [1.82, 2.24) is 0 Å². The number of pyridine rings is 1. The minimum Gasteiger partial charge on any atom is -0.293 e. The number of hydrogen-bond donors (Lipinski definition) is 0. The van der Waals surface area contributed by atoms with E-state index in [1.165, 1.54) is 11.8 Å². The number of carbonyl (C=O) groups is 2. The molecule has 1 aromatic heterocycles. The molecule has 0 atom stereocenters. The molecular weight excluding hydrogens is 470 g/mol. The molecule has 0 N–H and O–H groups in total. The average Bonchev–Trinajstić information content (AvgIpc) is 2.92. The van der Waals surface area contributed by atoms with Gasteiger partial charge in [0, 0.05) is 29.0 Å². The van der Waals surface area contributed by atoms with E-state index in [0.29, 0.717) is 22.6 Å². The fraction of sp³-hybridized carbons (Fsp3) is 0.100. The van der Waals surface area contributed by atoms with Gasteiger partial charge >= 0.3 is 0 Å². The Hall–Kier alpha value is -3.41. The summed E-state index contributed by atoms with van der Waals surface area (Å²) in [6.07, 6.45) is 3.82. The van der Waals surface area contributed by atoms with Crippen molar-refractivity contribution in [3.8, 4) is 0 Å². The number of hydrogen-bond acceptors (Lipinski definition) is 4. The highest BCUT2D eigenvalue weighted by molar-refractivity contribution is 8.22. The van der Waals surface area contributed by atoms with E-state index in [2.05, 4.69) is 12.1 Å². The lowest BCUT2D eigenvalue weighted by atomic mass is 10.1. The molecule has 0 amide bonds. The van der Waals surface area contributed by atoms with E-state index in [-0.39, 0.29) is 17.3 Å². The van der Waals surface area contributed by atoms with Crippen molar-refractivity contribution in [3.05, 3.63) is 142 Å². The lowest BCUT2D eigenvalue weighted by molar-refractivity contribution is -0.576. The van der Waals surface area contributed by atoms with Gasteiger partial charge in [0.05, 0.1) is 5.75 Å². The van der Waals surface area contributed by atoms with Crippen molar-refractivity contribution in [2.24, 2.45) is 0 Å². The number of ketones is 2. The van der Waals surface area contributed by atoms with Crippen LogP contribution in [0.5, 0.6) is 0 Å². The first-order valence-corrected chi connectivity index (χ1v) is 13.3. The summed E-state index contributed by atoms with van der Waals surface area (Å²) < 4.78 is 2.69. The number of aromatic nitrogens is 1. The molecule has 3 aromatic carbocycles. The minimum absolute atomic E-state index is 0.0360. The lowest BCUT2D eigenvalue weighted by Crippen LogP contribution is -2.36. The Bertz CT molecular complexity index is 1300. The second kappa shape index (κ2) is 12.3. The maximum absolute atomic E-state index is 13.8. The first-order valence-electron chi connectivity index (χ1n) is 11.3. The second-order valence-corrected chi connectivity index (χ2v) is 10.2. The summed E-state index contributed by atoms with van der Waals surface area (Å²) in [6, 6.07) is 32.7. The normalized spacial score (nSPS) is 11.6. The molecule has 4 aromatic rings. The standard InChI is InChI=1S/C30H26NO2S2/c1-23-17-19-31(20-18-23)28(29(33)26-15-9-4-10-16-26)30(34-21-24-11-5-2-6-12-24)35-22-27(32)25-13-7-3-8-14-25/h2-20H,21-22H2,1H3/q+1/b30-28-. The zero-order valence-electron chi connectivity index (χ0n) is 19.5. The Morgan fingerprint density at radius 3 is 1.83 bits per heavy atom. The third-order valence-electron chi connectivity index (χ3n) is 5.34. The molecule has 0 saturated carbocycles. The molecular formula is C30H26NO2S2+. The highest BCUT2D eigenvalue weighted by atomic mass is 32.2. The van der Waals surface area contributed by atoms with Gasteiger partial charge in [-0.2, -0.15) is 4.57 Å². The Balaban J connectivity index is 1.74. The van der Waals surface area contributed by atoms with E-state index in [1.807, 2.05) is 115 Å². The van der Waals surface area contributed by atoms with Gasteiger partial charge in [-0.05, 0) is 18.1 Å². The number of rotatable bonds is 10. The zero-order chi connectivity index (χ0) is 24.5. The monoisotopic (exact) mass is 496 g/mol. The number of allylic oxidation sites excluding steroid dienone is 1. The predicted octanol–water partition coefficient (Wildman–Crippen LogP) is 6.84. The largest absolute Gasteiger partial charge is 0.293 e. The van der Waals surface area contributed by atoms with Crippen LogP contribution in [-0.2, 0) is 5.75 Å². The van der Waals surface area contributed by atoms with Crippen LogP contribution in [0, 0.1) is 6.92 Å². The Morgan fingerprint density at radius 2 is 1.23 bits per heavy atom. The molecule has 35 heavy (non-hydrogen) atoms. The first-order chi connectivity index (χ1) is 17.1. The first kappa shape index (κ1) is 24.7. The number of aryl methyl sites for hydroxylation is 1. The number of carbonyl (C=O) groups excluding carboxylic acids is 2. The van der Waals surface area contributed by atoms with Crippen LogP contribution in [0.2, 0.25) is 0 Å². The molecule has 0 saturated heterocycles. The number of Topliss-reactive ketones (excluding diaryl/α,β-unsaturated/α-hetero) is 2. The van der Waals surface area contributed by atoms with Gasteiger partial charge in [0.1, 0.15) is 4.24 Å². The van der Waals surface area contributed by atoms with E-state index < -0.39 is 0 Å². The quantitative estimate of drug-likeness (QED) is 0.137. The van der Waals surface area contributed by atoms with Crippen molar-refractivity contribution >= 4 is 40.8 Å². The van der Waals surface area contributed by atoms with Crippen molar-refractivity contribution in [3.63, 3.8) is 0 Å². The van der Waals surface area contributed by atoms with Gasteiger partial charge in [0.25, 0.3) is 11.5 Å². The van der Waals surface area contributed by atoms with Gasteiger partial charge in [-0.15, -0.1) is 23.5 Å². The highest BCUT2D eigenvalue weighted by Crippen LogP contribution is 2.36. The van der Waals surface area contributed by atoms with E-state index in [9.17, 15) is 9.59 Å². The molecule has 0 bridgehead atoms. The van der Waals surface area contributed by atoms with Crippen molar-refractivity contribution < 1.29 is 14.2 Å². The minimum atomic E-state index is -0.0744. The summed E-state index contributed by atoms with van der Waals surface area (Å²) in [6.45, 7) is 2.02. The van der Waals surface area contributed by atoms with Gasteiger partial charge in [0.2, 0.25) is 0 Å².